The van der Waals surface area contributed by atoms with Crippen LogP contribution in [0.2, 0.25) is 0 Å². The largest absolute Gasteiger partial charge is 0.395 e. The van der Waals surface area contributed by atoms with Crippen molar-refractivity contribution in [3.05, 3.63) is 41.2 Å². The van der Waals surface area contributed by atoms with Crippen molar-refractivity contribution in [3.63, 3.8) is 0 Å². The number of carbonyl (C=O) groups excluding carboxylic acids is 3. The van der Waals surface area contributed by atoms with E-state index in [-0.39, 0.29) is 24.6 Å². The summed E-state index contributed by atoms with van der Waals surface area (Å²) in [7, 11) is 0. The number of aliphatic hydroxyl groups excluding tert-OH is 1. The Morgan fingerprint density at radius 3 is 2.84 bits per heavy atom. The molecule has 4 rings (SSSR count). The Kier molecular flexibility index (Phi) is 3.65. The van der Waals surface area contributed by atoms with Gasteiger partial charge in [-0.2, -0.15) is 0 Å². The average Bonchev–Trinajstić information content (AvgIpc) is 3.09. The molecule has 2 aromatic rings. The summed E-state index contributed by atoms with van der Waals surface area (Å²) in [6.07, 6.45) is 3.53. The van der Waals surface area contributed by atoms with E-state index in [4.69, 9.17) is 5.11 Å². The number of β-amino-alcohol motifs (C(OH)–C–C–N with tert-alkyl or cyclic N) is 1. The average molecular weight is 339 g/mol. The highest BCUT2D eigenvalue weighted by atomic mass is 16.3. The Bertz CT molecular complexity index is 941. The van der Waals surface area contributed by atoms with Crippen molar-refractivity contribution >= 4 is 34.2 Å². The Morgan fingerprint density at radius 2 is 2.04 bits per heavy atom. The van der Waals surface area contributed by atoms with Crippen molar-refractivity contribution in [2.45, 2.75) is 19.3 Å². The number of benzene rings is 1. The SMILES string of the molecule is O=C1CCCc2c1[nH]c1cc(NC3=CC(=O)N(CCO)C3=O)ccc21. The van der Waals surface area contributed by atoms with Crippen molar-refractivity contribution in [3.8, 4) is 0 Å². The van der Waals surface area contributed by atoms with Gasteiger partial charge >= 0.3 is 0 Å². The molecular weight excluding hydrogens is 322 g/mol. The van der Waals surface area contributed by atoms with Gasteiger partial charge in [0, 0.05) is 29.1 Å². The van der Waals surface area contributed by atoms with Crippen molar-refractivity contribution in [1.29, 1.82) is 0 Å². The van der Waals surface area contributed by atoms with Gasteiger partial charge in [0.25, 0.3) is 11.8 Å². The van der Waals surface area contributed by atoms with Crippen LogP contribution in [0.3, 0.4) is 0 Å². The standard InChI is InChI=1S/C18H17N3O4/c22-7-6-21-16(24)9-14(18(21)25)19-10-4-5-11-12-2-1-3-15(23)17(12)20-13(11)8-10/h4-5,8-9,19-20,22H,1-3,6-7H2. The van der Waals surface area contributed by atoms with Crippen LogP contribution < -0.4 is 5.32 Å². The molecule has 0 unspecified atom stereocenters. The van der Waals surface area contributed by atoms with E-state index >= 15 is 0 Å². The van der Waals surface area contributed by atoms with E-state index in [0.29, 0.717) is 17.8 Å². The monoisotopic (exact) mass is 339 g/mol. The fourth-order valence-electron chi connectivity index (χ4n) is 3.45. The molecule has 0 atom stereocenters. The third kappa shape index (κ3) is 2.53. The maximum atomic E-state index is 12.2. The highest BCUT2D eigenvalue weighted by molar-refractivity contribution is 6.17. The highest BCUT2D eigenvalue weighted by Crippen LogP contribution is 2.31. The van der Waals surface area contributed by atoms with Crippen LogP contribution in [0.25, 0.3) is 10.9 Å². The third-order valence-electron chi connectivity index (χ3n) is 4.63. The molecule has 2 amide bonds. The summed E-state index contributed by atoms with van der Waals surface area (Å²) >= 11 is 0. The lowest BCUT2D eigenvalue weighted by Crippen LogP contribution is -2.34. The number of aromatic amines is 1. The van der Waals surface area contributed by atoms with E-state index in [1.54, 1.807) is 0 Å². The number of ketones is 1. The Morgan fingerprint density at radius 1 is 1.20 bits per heavy atom. The molecule has 0 saturated carbocycles. The first-order valence-corrected chi connectivity index (χ1v) is 8.21. The van der Waals surface area contributed by atoms with Gasteiger partial charge in [-0.25, -0.2) is 0 Å². The minimum Gasteiger partial charge on any atom is -0.395 e. The Balaban J connectivity index is 1.63. The van der Waals surface area contributed by atoms with Crippen molar-refractivity contribution < 1.29 is 19.5 Å². The second kappa shape index (κ2) is 5.86. The maximum absolute atomic E-state index is 12.2. The number of hydrogen-bond donors (Lipinski definition) is 3. The second-order valence-electron chi connectivity index (χ2n) is 6.22. The number of nitrogens with one attached hydrogen (secondary N) is 2. The molecule has 7 heteroatoms. The number of rotatable bonds is 4. The number of aliphatic hydroxyl groups is 1. The Hall–Kier alpha value is -2.93. The molecule has 0 fully saturated rings. The number of aromatic nitrogens is 1. The van der Waals surface area contributed by atoms with Crippen LogP contribution in [0.4, 0.5) is 5.69 Å². The number of aryl methyl sites for hydroxylation is 1. The van der Waals surface area contributed by atoms with Gasteiger partial charge in [0.1, 0.15) is 5.70 Å². The lowest BCUT2D eigenvalue weighted by Gasteiger charge is -2.13. The first-order chi connectivity index (χ1) is 12.1. The summed E-state index contributed by atoms with van der Waals surface area (Å²) < 4.78 is 0. The minimum absolute atomic E-state index is 0.0240. The molecule has 0 bridgehead atoms. The molecule has 0 saturated heterocycles. The predicted octanol–water partition coefficient (Wildman–Crippen LogP) is 1.34. The molecule has 0 spiro atoms. The van der Waals surface area contributed by atoms with Crippen LogP contribution in [0, 0.1) is 0 Å². The number of imide groups is 1. The number of Topliss-reactive ketones (excluding diaryl/α,β-unsaturated/α-hetero) is 1. The number of anilines is 1. The number of amides is 2. The predicted molar refractivity (Wildman–Crippen MR) is 91.1 cm³/mol. The zero-order valence-electron chi connectivity index (χ0n) is 13.5. The van der Waals surface area contributed by atoms with E-state index in [1.807, 2.05) is 18.2 Å². The molecular formula is C18H17N3O4. The van der Waals surface area contributed by atoms with E-state index in [0.717, 1.165) is 34.2 Å². The van der Waals surface area contributed by atoms with E-state index in [9.17, 15) is 14.4 Å². The zero-order chi connectivity index (χ0) is 17.6. The zero-order valence-corrected chi connectivity index (χ0v) is 13.5. The second-order valence-corrected chi connectivity index (χ2v) is 6.22. The Labute approximate surface area is 143 Å². The quantitative estimate of drug-likeness (QED) is 0.730. The molecule has 1 aromatic heterocycles. The van der Waals surface area contributed by atoms with E-state index in [1.165, 1.54) is 6.08 Å². The lowest BCUT2D eigenvalue weighted by atomic mass is 9.95. The minimum atomic E-state index is -0.458. The lowest BCUT2D eigenvalue weighted by molar-refractivity contribution is -0.137. The molecule has 25 heavy (non-hydrogen) atoms. The van der Waals surface area contributed by atoms with Gasteiger partial charge in [-0.1, -0.05) is 6.07 Å². The summed E-state index contributed by atoms with van der Waals surface area (Å²) in [5, 5.41) is 12.9. The van der Waals surface area contributed by atoms with Crippen LogP contribution in [-0.4, -0.2) is 45.7 Å². The third-order valence-corrected chi connectivity index (χ3v) is 4.63. The van der Waals surface area contributed by atoms with Crippen LogP contribution in [0.5, 0.6) is 0 Å². The van der Waals surface area contributed by atoms with Crippen molar-refractivity contribution in [1.82, 2.24) is 9.88 Å². The summed E-state index contributed by atoms with van der Waals surface area (Å²) in [5.74, 6) is -0.769. The first-order valence-electron chi connectivity index (χ1n) is 8.21. The van der Waals surface area contributed by atoms with Gasteiger partial charge in [0.15, 0.2) is 5.78 Å². The topological polar surface area (TPSA) is 102 Å². The summed E-state index contributed by atoms with van der Waals surface area (Å²) in [4.78, 5) is 40.2. The normalized spacial score (nSPS) is 17.2. The van der Waals surface area contributed by atoms with Crippen LogP contribution in [0.15, 0.2) is 30.0 Å². The molecule has 3 N–H and O–H groups in total. The van der Waals surface area contributed by atoms with Crippen molar-refractivity contribution in [2.24, 2.45) is 0 Å². The number of nitrogens with zero attached hydrogens (tertiary/aromatic N) is 1. The van der Waals surface area contributed by atoms with Gasteiger partial charge in [-0.3, -0.25) is 19.3 Å². The molecule has 0 radical (unpaired) electrons. The fraction of sp³-hybridized carbons (Fsp3) is 0.278. The molecule has 1 aliphatic heterocycles. The van der Waals surface area contributed by atoms with Gasteiger partial charge in [0.2, 0.25) is 0 Å². The fourth-order valence-corrected chi connectivity index (χ4v) is 3.45. The number of carbonyl (C=O) groups is 3. The van der Waals surface area contributed by atoms with E-state index in [2.05, 4.69) is 10.3 Å². The number of hydrogen-bond acceptors (Lipinski definition) is 5. The molecule has 7 nitrogen and oxygen atoms in total. The van der Waals surface area contributed by atoms with Gasteiger partial charge < -0.3 is 15.4 Å². The molecule has 1 aromatic carbocycles. The van der Waals surface area contributed by atoms with Gasteiger partial charge in [-0.05, 0) is 30.5 Å². The summed E-state index contributed by atoms with van der Waals surface area (Å²) in [5.41, 5.74) is 3.38. The van der Waals surface area contributed by atoms with Gasteiger partial charge in [-0.15, -0.1) is 0 Å². The highest BCUT2D eigenvalue weighted by Gasteiger charge is 2.30. The summed E-state index contributed by atoms with van der Waals surface area (Å²) in [6, 6.07) is 5.57. The van der Waals surface area contributed by atoms with Crippen LogP contribution in [-0.2, 0) is 16.0 Å². The number of H-pyrrole nitrogens is 1. The molecule has 128 valence electrons. The van der Waals surface area contributed by atoms with Crippen LogP contribution in [0.1, 0.15) is 28.9 Å². The molecule has 2 heterocycles. The van der Waals surface area contributed by atoms with Crippen molar-refractivity contribution in [2.75, 3.05) is 18.5 Å². The van der Waals surface area contributed by atoms with Crippen LogP contribution >= 0.6 is 0 Å². The first kappa shape index (κ1) is 15.6. The van der Waals surface area contributed by atoms with E-state index < -0.39 is 11.8 Å². The summed E-state index contributed by atoms with van der Waals surface area (Å²) in [6.45, 7) is -0.295. The molecule has 1 aliphatic carbocycles. The smallest absolute Gasteiger partial charge is 0.277 e. The molecule has 2 aliphatic rings. The van der Waals surface area contributed by atoms with Gasteiger partial charge in [0.05, 0.1) is 18.8 Å². The maximum Gasteiger partial charge on any atom is 0.277 e. The number of fused-ring (bicyclic) bond motifs is 3.